The lowest BCUT2D eigenvalue weighted by Gasteiger charge is -2.33. The Balaban J connectivity index is 1.89. The maximum atomic E-state index is 6.34. The van der Waals surface area contributed by atoms with Gasteiger partial charge in [0.1, 0.15) is 11.8 Å². The zero-order chi connectivity index (χ0) is 17.9. The number of anilines is 1. The average Bonchev–Trinajstić information content (AvgIpc) is 2.97. The van der Waals surface area contributed by atoms with Crippen LogP contribution < -0.4 is 4.90 Å². The Labute approximate surface area is 153 Å². The van der Waals surface area contributed by atoms with Gasteiger partial charge in [0, 0.05) is 5.69 Å². The molecule has 2 heterocycles. The Hall–Kier alpha value is -1.29. The highest BCUT2D eigenvalue weighted by Gasteiger charge is 2.82. The van der Waals surface area contributed by atoms with Gasteiger partial charge in [-0.05, 0) is 38.8 Å². The fraction of sp³-hybridized carbons (Fsp3) is 0.667. The van der Waals surface area contributed by atoms with Crippen LogP contribution in [0.5, 0.6) is 0 Å². The predicted octanol–water partition coefficient (Wildman–Crippen LogP) is 5.03. The van der Waals surface area contributed by atoms with Crippen LogP contribution in [-0.4, -0.2) is 36.8 Å². The van der Waals surface area contributed by atoms with E-state index in [1.54, 1.807) is 0 Å². The van der Waals surface area contributed by atoms with E-state index in [0.29, 0.717) is 6.61 Å². The molecule has 25 heavy (non-hydrogen) atoms. The molecule has 0 amide bonds. The van der Waals surface area contributed by atoms with Crippen molar-refractivity contribution in [3.63, 3.8) is 0 Å². The molecule has 1 aromatic rings. The fourth-order valence-electron chi connectivity index (χ4n) is 5.61. The molecule has 0 radical (unpaired) electrons. The summed E-state index contributed by atoms with van der Waals surface area (Å²) in [5.41, 5.74) is 1.47. The Morgan fingerprint density at radius 2 is 1.64 bits per heavy atom. The molecule has 4 heteroatoms. The molecule has 1 saturated carbocycles. The molecular weight excluding hydrogens is 324 g/mol. The zero-order valence-electron chi connectivity index (χ0n) is 16.4. The predicted molar refractivity (Wildman–Crippen MR) is 108 cm³/mol. The zero-order valence-corrected chi connectivity index (χ0v) is 17.4. The maximum absolute atomic E-state index is 6.34. The van der Waals surface area contributed by atoms with Crippen LogP contribution in [0.15, 0.2) is 35.3 Å². The third-order valence-electron chi connectivity index (χ3n) is 6.44. The van der Waals surface area contributed by atoms with Crippen molar-refractivity contribution in [3.05, 3.63) is 30.3 Å². The number of para-hydroxylation sites is 1. The number of benzene rings is 1. The summed E-state index contributed by atoms with van der Waals surface area (Å²) in [6.45, 7) is 12.6. The van der Waals surface area contributed by atoms with Crippen LogP contribution in [-0.2, 0) is 4.74 Å². The minimum atomic E-state index is -1.64. The fourth-order valence-corrected chi connectivity index (χ4v) is 9.10. The van der Waals surface area contributed by atoms with Gasteiger partial charge in [0.25, 0.3) is 0 Å². The van der Waals surface area contributed by atoms with Gasteiger partial charge in [0.2, 0.25) is 5.90 Å². The monoisotopic (exact) mass is 356 g/mol. The van der Waals surface area contributed by atoms with Gasteiger partial charge in [-0.2, -0.15) is 0 Å². The van der Waals surface area contributed by atoms with Crippen molar-refractivity contribution in [2.75, 3.05) is 11.5 Å². The van der Waals surface area contributed by atoms with Gasteiger partial charge >= 0.3 is 0 Å². The van der Waals surface area contributed by atoms with Gasteiger partial charge in [-0.25, -0.2) is 4.99 Å². The van der Waals surface area contributed by atoms with Crippen LogP contribution in [0, 0.1) is 0 Å². The third-order valence-corrected chi connectivity index (χ3v) is 9.52. The van der Waals surface area contributed by atoms with Crippen LogP contribution in [0.4, 0.5) is 5.69 Å². The first-order valence-corrected chi connectivity index (χ1v) is 13.3. The van der Waals surface area contributed by atoms with E-state index < -0.39 is 8.07 Å². The van der Waals surface area contributed by atoms with Gasteiger partial charge < -0.3 is 9.64 Å². The number of hydrogen-bond acceptors (Lipinski definition) is 3. The van der Waals surface area contributed by atoms with E-state index in [1.807, 2.05) is 0 Å². The smallest absolute Gasteiger partial charge is 0.209 e. The molecule has 0 aromatic heterocycles. The van der Waals surface area contributed by atoms with Crippen molar-refractivity contribution in [1.82, 2.24) is 0 Å². The molecule has 1 atom stereocenters. The van der Waals surface area contributed by atoms with Gasteiger partial charge in [-0.3, -0.25) is 0 Å². The number of rotatable bonds is 3. The largest absolute Gasteiger partial charge is 0.477 e. The van der Waals surface area contributed by atoms with Crippen LogP contribution in [0.2, 0.25) is 19.6 Å². The lowest BCUT2D eigenvalue weighted by atomic mass is 9.85. The number of ether oxygens (including phenoxy) is 1. The molecule has 1 aromatic carbocycles. The van der Waals surface area contributed by atoms with Crippen molar-refractivity contribution in [2.45, 2.75) is 81.8 Å². The molecule has 1 aliphatic carbocycles. The lowest BCUT2D eigenvalue weighted by molar-refractivity contribution is 0.269. The standard InChI is InChI=1S/C21H32N2OSi/c1-19(2)16-24-18(22-19)21(25(3,4)5)20(14-10-7-11-15-20)23(21)17-12-8-6-9-13-17/h6,8-9,12-13H,7,10-11,14-16H2,1-5H3. The summed E-state index contributed by atoms with van der Waals surface area (Å²) in [5, 5.41) is 0.00947. The van der Waals surface area contributed by atoms with Crippen molar-refractivity contribution >= 4 is 19.7 Å². The molecule has 0 N–H and O–H groups in total. The van der Waals surface area contributed by atoms with E-state index in [-0.39, 0.29) is 16.2 Å². The van der Waals surface area contributed by atoms with E-state index in [0.717, 1.165) is 5.90 Å². The molecule has 1 spiro atoms. The van der Waals surface area contributed by atoms with Gasteiger partial charge in [-0.15, -0.1) is 0 Å². The Morgan fingerprint density at radius 1 is 1.00 bits per heavy atom. The van der Waals surface area contributed by atoms with Crippen LogP contribution in [0.25, 0.3) is 0 Å². The van der Waals surface area contributed by atoms with Crippen molar-refractivity contribution in [2.24, 2.45) is 4.99 Å². The Morgan fingerprint density at radius 3 is 2.16 bits per heavy atom. The molecule has 2 fully saturated rings. The SMILES string of the molecule is CC1(C)COC(C2([Si](C)(C)C)N(c3ccccc3)C23CCCCC3)=N1. The second kappa shape index (κ2) is 5.35. The topological polar surface area (TPSA) is 24.6 Å². The second-order valence-electron chi connectivity index (χ2n) is 9.74. The van der Waals surface area contributed by atoms with E-state index in [4.69, 9.17) is 9.73 Å². The molecule has 3 nitrogen and oxygen atoms in total. The molecule has 4 rings (SSSR count). The summed E-state index contributed by atoms with van der Waals surface area (Å²) in [7, 11) is -1.64. The highest BCUT2D eigenvalue weighted by molar-refractivity contribution is 6.85. The third kappa shape index (κ3) is 2.26. The molecule has 1 unspecified atom stereocenters. The van der Waals surface area contributed by atoms with E-state index in [1.165, 1.54) is 37.8 Å². The first kappa shape index (κ1) is 17.1. The van der Waals surface area contributed by atoms with E-state index >= 15 is 0 Å². The average molecular weight is 357 g/mol. The van der Waals surface area contributed by atoms with E-state index in [9.17, 15) is 0 Å². The molecule has 0 bridgehead atoms. The summed E-state index contributed by atoms with van der Waals surface area (Å²) >= 11 is 0. The van der Waals surface area contributed by atoms with Gasteiger partial charge in [-0.1, -0.05) is 57.1 Å². The number of hydrogen-bond donors (Lipinski definition) is 0. The Bertz CT molecular complexity index is 686. The van der Waals surface area contributed by atoms with Crippen LogP contribution in [0.1, 0.15) is 46.0 Å². The number of aliphatic imine (C=N–C) groups is 1. The first-order valence-electron chi connectivity index (χ1n) is 9.83. The van der Waals surface area contributed by atoms with Crippen LogP contribution in [0.3, 0.4) is 0 Å². The van der Waals surface area contributed by atoms with Crippen LogP contribution >= 0.6 is 0 Å². The van der Waals surface area contributed by atoms with Gasteiger partial charge in [0.05, 0.1) is 19.2 Å². The van der Waals surface area contributed by atoms with Gasteiger partial charge in [0.15, 0.2) is 0 Å². The lowest BCUT2D eigenvalue weighted by Crippen LogP contribution is -2.55. The molecule has 1 saturated heterocycles. The highest BCUT2D eigenvalue weighted by atomic mass is 28.3. The molecule has 136 valence electrons. The highest BCUT2D eigenvalue weighted by Crippen LogP contribution is 2.66. The summed E-state index contributed by atoms with van der Waals surface area (Å²) in [5.74, 6) is 1.04. The number of nitrogens with zero attached hydrogens (tertiary/aromatic N) is 2. The summed E-state index contributed by atoms with van der Waals surface area (Å²) in [6.07, 6.45) is 6.56. The molecule has 2 aliphatic heterocycles. The first-order chi connectivity index (χ1) is 11.7. The summed E-state index contributed by atoms with van der Waals surface area (Å²) in [4.78, 5) is 7.86. The summed E-state index contributed by atoms with van der Waals surface area (Å²) in [6, 6.07) is 11.0. The molecular formula is C21H32N2OSi. The maximum Gasteiger partial charge on any atom is 0.209 e. The quantitative estimate of drug-likeness (QED) is 0.560. The Kier molecular flexibility index (Phi) is 3.67. The van der Waals surface area contributed by atoms with E-state index in [2.05, 4.69) is 68.7 Å². The summed E-state index contributed by atoms with van der Waals surface area (Å²) < 4.78 is 6.34. The minimum Gasteiger partial charge on any atom is -0.477 e. The second-order valence-corrected chi connectivity index (χ2v) is 15.0. The minimum absolute atomic E-state index is 0.00947. The van der Waals surface area contributed by atoms with Crippen molar-refractivity contribution < 1.29 is 4.74 Å². The van der Waals surface area contributed by atoms with Crippen molar-refractivity contribution in [1.29, 1.82) is 0 Å². The normalized spacial score (nSPS) is 30.1. The van der Waals surface area contributed by atoms with Crippen molar-refractivity contribution in [3.8, 4) is 0 Å². The molecule has 3 aliphatic rings.